The molecule has 154 valence electrons. The van der Waals surface area contributed by atoms with Crippen LogP contribution in [0.4, 0.5) is 5.69 Å². The molecule has 1 atom stereocenters. The van der Waals surface area contributed by atoms with E-state index in [9.17, 15) is 14.4 Å². The first kappa shape index (κ1) is 22.2. The molecular weight excluding hydrogens is 398 g/mol. The largest absolute Gasteiger partial charge is 0.495 e. The molecule has 29 heavy (non-hydrogen) atoms. The zero-order valence-electron chi connectivity index (χ0n) is 16.6. The number of esters is 1. The van der Waals surface area contributed by atoms with Crippen LogP contribution in [0, 0.1) is 6.92 Å². The minimum atomic E-state index is -1.06. The number of anilines is 1. The Labute approximate surface area is 173 Å². The first-order chi connectivity index (χ1) is 13.7. The number of hydrogen-bond donors (Lipinski definition) is 1. The lowest BCUT2D eigenvalue weighted by Gasteiger charge is -2.16. The van der Waals surface area contributed by atoms with Gasteiger partial charge in [0.2, 0.25) is 0 Å². The number of ether oxygens (including phenoxy) is 3. The lowest BCUT2D eigenvalue weighted by atomic mass is 10.1. The van der Waals surface area contributed by atoms with Crippen molar-refractivity contribution in [2.24, 2.45) is 0 Å². The van der Waals surface area contributed by atoms with Gasteiger partial charge in [0.15, 0.2) is 18.5 Å². The smallest absolute Gasteiger partial charge is 0.344 e. The summed E-state index contributed by atoms with van der Waals surface area (Å²) in [5, 5.41) is 3.16. The highest BCUT2D eigenvalue weighted by molar-refractivity contribution is 6.31. The fourth-order valence-corrected chi connectivity index (χ4v) is 2.55. The van der Waals surface area contributed by atoms with Crippen molar-refractivity contribution >= 4 is 34.9 Å². The Morgan fingerprint density at radius 2 is 1.90 bits per heavy atom. The van der Waals surface area contributed by atoms with Gasteiger partial charge in [-0.15, -0.1) is 0 Å². The van der Waals surface area contributed by atoms with Crippen molar-refractivity contribution in [3.05, 3.63) is 52.5 Å². The Morgan fingerprint density at radius 1 is 1.17 bits per heavy atom. The molecule has 0 radical (unpaired) electrons. The highest BCUT2D eigenvalue weighted by atomic mass is 35.5. The van der Waals surface area contributed by atoms with Crippen molar-refractivity contribution in [3.8, 4) is 11.5 Å². The molecule has 1 amide bonds. The highest BCUT2D eigenvalue weighted by Gasteiger charge is 2.20. The van der Waals surface area contributed by atoms with Gasteiger partial charge in [0.25, 0.3) is 5.91 Å². The van der Waals surface area contributed by atoms with E-state index in [2.05, 4.69) is 5.32 Å². The van der Waals surface area contributed by atoms with Gasteiger partial charge in [-0.05, 0) is 44.5 Å². The van der Waals surface area contributed by atoms with E-state index in [0.717, 1.165) is 5.56 Å². The van der Waals surface area contributed by atoms with Crippen LogP contribution in [0.25, 0.3) is 0 Å². The van der Waals surface area contributed by atoms with Crippen LogP contribution in [0.5, 0.6) is 11.5 Å². The number of methoxy groups -OCH3 is 1. The van der Waals surface area contributed by atoms with E-state index in [1.807, 2.05) is 0 Å². The maximum Gasteiger partial charge on any atom is 0.344 e. The molecule has 0 saturated carbocycles. The summed E-state index contributed by atoms with van der Waals surface area (Å²) in [6, 6.07) is 9.69. The summed E-state index contributed by atoms with van der Waals surface area (Å²) in [6.07, 6.45) is -1.06. The predicted octanol–water partition coefficient (Wildman–Crippen LogP) is 3.81. The molecule has 1 N–H and O–H groups in total. The average molecular weight is 420 g/mol. The van der Waals surface area contributed by atoms with Crippen molar-refractivity contribution in [1.82, 2.24) is 0 Å². The fourth-order valence-electron chi connectivity index (χ4n) is 2.40. The fraction of sp³-hybridized carbons (Fsp3) is 0.286. The predicted molar refractivity (Wildman–Crippen MR) is 109 cm³/mol. The molecule has 0 spiro atoms. The van der Waals surface area contributed by atoms with E-state index in [4.69, 9.17) is 25.8 Å². The minimum Gasteiger partial charge on any atom is -0.495 e. The van der Waals surface area contributed by atoms with Crippen LogP contribution >= 0.6 is 11.6 Å². The van der Waals surface area contributed by atoms with E-state index in [-0.39, 0.29) is 5.78 Å². The van der Waals surface area contributed by atoms with Gasteiger partial charge in [-0.25, -0.2) is 4.79 Å². The average Bonchev–Trinajstić information content (AvgIpc) is 2.69. The quantitative estimate of drug-likeness (QED) is 0.516. The lowest BCUT2D eigenvalue weighted by Crippen LogP contribution is -2.31. The number of halogens is 1. The van der Waals surface area contributed by atoms with Crippen LogP contribution in [0.3, 0.4) is 0 Å². The van der Waals surface area contributed by atoms with Crippen LogP contribution in [-0.2, 0) is 14.3 Å². The van der Waals surface area contributed by atoms with Gasteiger partial charge >= 0.3 is 5.97 Å². The number of ketones is 1. The van der Waals surface area contributed by atoms with Gasteiger partial charge in [0.05, 0.1) is 12.8 Å². The molecule has 0 bridgehead atoms. The number of hydrogen-bond acceptors (Lipinski definition) is 6. The summed E-state index contributed by atoms with van der Waals surface area (Å²) in [5.41, 5.74) is 1.64. The second-order valence-corrected chi connectivity index (χ2v) is 6.70. The molecule has 0 heterocycles. The van der Waals surface area contributed by atoms with Crippen molar-refractivity contribution in [2.45, 2.75) is 26.9 Å². The van der Waals surface area contributed by atoms with Crippen molar-refractivity contribution < 1.29 is 28.6 Å². The third-order valence-electron chi connectivity index (χ3n) is 4.01. The maximum atomic E-state index is 12.4. The van der Waals surface area contributed by atoms with Gasteiger partial charge < -0.3 is 19.5 Å². The number of carbonyl (C=O) groups excluding carboxylic acids is 3. The molecule has 0 aliphatic rings. The lowest BCUT2D eigenvalue weighted by molar-refractivity contribution is -0.155. The number of nitrogens with one attached hydrogen (secondary N) is 1. The standard InChI is InChI=1S/C21H22ClNO6/c1-12-8-18(19(27-4)10-17(12)22)23-21(26)14(3)29-20(25)11-28-16-7-5-6-15(9-16)13(2)24/h5-10,14H,11H2,1-4H3,(H,23,26)/t14-/m1/s1. The maximum absolute atomic E-state index is 12.4. The summed E-state index contributed by atoms with van der Waals surface area (Å²) >= 11 is 6.05. The monoisotopic (exact) mass is 419 g/mol. The van der Waals surface area contributed by atoms with Gasteiger partial charge in [-0.3, -0.25) is 9.59 Å². The Balaban J connectivity index is 1.92. The van der Waals surface area contributed by atoms with Gasteiger partial charge in [-0.1, -0.05) is 23.7 Å². The first-order valence-corrected chi connectivity index (χ1v) is 9.17. The number of Topliss-reactive ketones (excluding diaryl/α,β-unsaturated/α-hetero) is 1. The molecule has 0 unspecified atom stereocenters. The SMILES string of the molecule is COc1cc(Cl)c(C)cc1NC(=O)[C@@H](C)OC(=O)COc1cccc(C(C)=O)c1. The van der Waals surface area contributed by atoms with E-state index in [1.165, 1.54) is 27.0 Å². The van der Waals surface area contributed by atoms with Crippen LogP contribution in [0.1, 0.15) is 29.8 Å². The van der Waals surface area contributed by atoms with Crippen molar-refractivity contribution in [1.29, 1.82) is 0 Å². The third-order valence-corrected chi connectivity index (χ3v) is 4.42. The number of carbonyl (C=O) groups is 3. The summed E-state index contributed by atoms with van der Waals surface area (Å²) in [4.78, 5) is 35.7. The highest BCUT2D eigenvalue weighted by Crippen LogP contribution is 2.31. The Morgan fingerprint density at radius 3 is 2.55 bits per heavy atom. The number of aryl methyl sites for hydroxylation is 1. The molecule has 2 rings (SSSR count). The Bertz CT molecular complexity index is 927. The number of amides is 1. The van der Waals surface area contributed by atoms with Crippen molar-refractivity contribution in [3.63, 3.8) is 0 Å². The van der Waals surface area contributed by atoms with Crippen molar-refractivity contribution in [2.75, 3.05) is 19.0 Å². The molecular formula is C21H22ClNO6. The summed E-state index contributed by atoms with van der Waals surface area (Å²) in [7, 11) is 1.46. The van der Waals surface area contributed by atoms with E-state index >= 15 is 0 Å². The van der Waals surface area contributed by atoms with Gasteiger partial charge in [0.1, 0.15) is 11.5 Å². The molecule has 2 aromatic rings. The summed E-state index contributed by atoms with van der Waals surface area (Å²) in [5.74, 6) is -0.623. The second-order valence-electron chi connectivity index (χ2n) is 6.30. The number of rotatable bonds is 8. The van der Waals surface area contributed by atoms with E-state index < -0.39 is 24.6 Å². The number of benzene rings is 2. The zero-order valence-corrected chi connectivity index (χ0v) is 17.3. The Kier molecular flexibility index (Phi) is 7.61. The third kappa shape index (κ3) is 6.22. The molecule has 0 saturated heterocycles. The Hall–Kier alpha value is -3.06. The first-order valence-electron chi connectivity index (χ1n) is 8.79. The molecule has 0 fully saturated rings. The molecule has 0 aliphatic heterocycles. The zero-order chi connectivity index (χ0) is 21.6. The van der Waals surface area contributed by atoms with Gasteiger partial charge in [0, 0.05) is 16.7 Å². The summed E-state index contributed by atoms with van der Waals surface area (Å²) < 4.78 is 15.6. The molecule has 0 aliphatic carbocycles. The van der Waals surface area contributed by atoms with E-state index in [0.29, 0.717) is 27.8 Å². The second kappa shape index (κ2) is 9.93. The molecule has 8 heteroatoms. The topological polar surface area (TPSA) is 90.9 Å². The van der Waals surface area contributed by atoms with Crippen LogP contribution in [0.2, 0.25) is 5.02 Å². The van der Waals surface area contributed by atoms with E-state index in [1.54, 1.807) is 37.3 Å². The summed E-state index contributed by atoms with van der Waals surface area (Å²) in [6.45, 7) is 4.27. The van der Waals surface area contributed by atoms with Crippen LogP contribution in [0.15, 0.2) is 36.4 Å². The van der Waals surface area contributed by atoms with Gasteiger partial charge in [-0.2, -0.15) is 0 Å². The van der Waals surface area contributed by atoms with Crippen LogP contribution < -0.4 is 14.8 Å². The van der Waals surface area contributed by atoms with Crippen LogP contribution in [-0.4, -0.2) is 37.5 Å². The normalized spacial score (nSPS) is 11.3. The molecule has 2 aromatic carbocycles. The minimum absolute atomic E-state index is 0.115. The molecule has 7 nitrogen and oxygen atoms in total. The molecule has 0 aromatic heterocycles.